The first-order valence-corrected chi connectivity index (χ1v) is 7.34. The van der Waals surface area contributed by atoms with E-state index in [0.29, 0.717) is 17.9 Å². The molecule has 0 amide bonds. The Morgan fingerprint density at radius 2 is 1.95 bits per heavy atom. The molecule has 0 atom stereocenters. The number of nitrogens with zero attached hydrogens (tertiary/aromatic N) is 2. The summed E-state index contributed by atoms with van der Waals surface area (Å²) in [4.78, 5) is 8.28. The fourth-order valence-corrected chi connectivity index (χ4v) is 2.18. The van der Waals surface area contributed by atoms with E-state index in [2.05, 4.69) is 15.3 Å². The quantitative estimate of drug-likeness (QED) is 0.710. The third-order valence-corrected chi connectivity index (χ3v) is 3.46. The molecular formula is C12H15N5O2S. The molecule has 7 nitrogen and oxygen atoms in total. The highest BCUT2D eigenvalue weighted by Crippen LogP contribution is 2.19. The van der Waals surface area contributed by atoms with Gasteiger partial charge in [0.15, 0.2) is 0 Å². The Morgan fingerprint density at radius 1 is 1.20 bits per heavy atom. The molecule has 20 heavy (non-hydrogen) atoms. The molecule has 1 aromatic carbocycles. The molecule has 5 N–H and O–H groups in total. The molecule has 2 rings (SSSR count). The van der Waals surface area contributed by atoms with E-state index in [1.807, 2.05) is 6.92 Å². The second kappa shape index (κ2) is 5.43. The monoisotopic (exact) mass is 293 g/mol. The number of rotatable bonds is 4. The first-order valence-electron chi connectivity index (χ1n) is 5.79. The summed E-state index contributed by atoms with van der Waals surface area (Å²) < 4.78 is 22.6. The van der Waals surface area contributed by atoms with Gasteiger partial charge in [-0.3, -0.25) is 9.97 Å². The van der Waals surface area contributed by atoms with Crippen LogP contribution in [0.25, 0.3) is 0 Å². The molecule has 106 valence electrons. The van der Waals surface area contributed by atoms with E-state index >= 15 is 0 Å². The van der Waals surface area contributed by atoms with Crippen LogP contribution < -0.4 is 16.2 Å². The molecule has 0 bridgehead atoms. The van der Waals surface area contributed by atoms with Crippen molar-refractivity contribution >= 4 is 21.4 Å². The Morgan fingerprint density at radius 3 is 2.55 bits per heavy atom. The van der Waals surface area contributed by atoms with Gasteiger partial charge in [-0.25, -0.2) is 13.6 Å². The first kappa shape index (κ1) is 14.2. The first-order chi connectivity index (χ1) is 9.34. The molecule has 1 heterocycles. The number of nitrogens with two attached hydrogens (primary N) is 2. The van der Waals surface area contributed by atoms with Gasteiger partial charge in [0.2, 0.25) is 10.0 Å². The standard InChI is InChI=1S/C12H15N5O2S/c1-8-5-16-11(6-15-8)7-17-10-2-9(13)3-12(4-10)20(14,18)19/h2-6,17H,7,13H2,1H3,(H2,14,18,19). The Balaban J connectivity index is 2.17. The highest BCUT2D eigenvalue weighted by atomic mass is 32.2. The van der Waals surface area contributed by atoms with Crippen molar-refractivity contribution in [3.63, 3.8) is 0 Å². The van der Waals surface area contributed by atoms with Crippen molar-refractivity contribution in [1.29, 1.82) is 0 Å². The second-order valence-corrected chi connectivity index (χ2v) is 5.90. The molecule has 0 spiro atoms. The number of primary sulfonamides is 1. The summed E-state index contributed by atoms with van der Waals surface area (Å²) in [6, 6.07) is 4.36. The fraction of sp³-hybridized carbons (Fsp3) is 0.167. The number of hydrogen-bond acceptors (Lipinski definition) is 6. The summed E-state index contributed by atoms with van der Waals surface area (Å²) >= 11 is 0. The molecule has 0 aliphatic rings. The van der Waals surface area contributed by atoms with Gasteiger partial charge < -0.3 is 11.1 Å². The van der Waals surface area contributed by atoms with Crippen LogP contribution in [0, 0.1) is 6.92 Å². The maximum atomic E-state index is 11.3. The van der Waals surface area contributed by atoms with Crippen molar-refractivity contribution in [2.24, 2.45) is 5.14 Å². The number of aromatic nitrogens is 2. The highest BCUT2D eigenvalue weighted by Gasteiger charge is 2.10. The molecule has 0 aliphatic carbocycles. The van der Waals surface area contributed by atoms with Gasteiger partial charge in [0.25, 0.3) is 0 Å². The van der Waals surface area contributed by atoms with Gasteiger partial charge in [0, 0.05) is 17.6 Å². The number of anilines is 2. The summed E-state index contributed by atoms with van der Waals surface area (Å²) in [5, 5.41) is 8.12. The topological polar surface area (TPSA) is 124 Å². The summed E-state index contributed by atoms with van der Waals surface area (Å²) in [6.45, 7) is 2.25. The number of aryl methyl sites for hydroxylation is 1. The maximum absolute atomic E-state index is 11.3. The van der Waals surface area contributed by atoms with Gasteiger partial charge in [0.05, 0.1) is 29.0 Å². The highest BCUT2D eigenvalue weighted by molar-refractivity contribution is 7.89. The molecule has 0 radical (unpaired) electrons. The van der Waals surface area contributed by atoms with Crippen LogP contribution >= 0.6 is 0 Å². The van der Waals surface area contributed by atoms with Crippen LogP contribution in [0.1, 0.15) is 11.4 Å². The lowest BCUT2D eigenvalue weighted by molar-refractivity contribution is 0.598. The van der Waals surface area contributed by atoms with Crippen LogP contribution in [-0.4, -0.2) is 18.4 Å². The largest absolute Gasteiger partial charge is 0.399 e. The number of hydrogen-bond donors (Lipinski definition) is 3. The van der Waals surface area contributed by atoms with Crippen molar-refractivity contribution in [3.8, 4) is 0 Å². The van der Waals surface area contributed by atoms with E-state index in [4.69, 9.17) is 10.9 Å². The summed E-state index contributed by atoms with van der Waals surface area (Å²) in [5.74, 6) is 0. The Labute approximate surface area is 117 Å². The smallest absolute Gasteiger partial charge is 0.238 e. The minimum Gasteiger partial charge on any atom is -0.399 e. The Hall–Kier alpha value is -2.19. The van der Waals surface area contributed by atoms with Crippen LogP contribution in [0.4, 0.5) is 11.4 Å². The molecule has 8 heteroatoms. The lowest BCUT2D eigenvalue weighted by Gasteiger charge is -2.09. The summed E-state index contributed by atoms with van der Waals surface area (Å²) in [6.07, 6.45) is 3.31. The molecule has 0 saturated carbocycles. The van der Waals surface area contributed by atoms with Gasteiger partial charge in [-0.1, -0.05) is 0 Å². The van der Waals surface area contributed by atoms with Gasteiger partial charge in [0.1, 0.15) is 0 Å². The van der Waals surface area contributed by atoms with Gasteiger partial charge in [-0.15, -0.1) is 0 Å². The fourth-order valence-electron chi connectivity index (χ4n) is 1.59. The molecule has 0 aliphatic heterocycles. The zero-order valence-electron chi connectivity index (χ0n) is 10.9. The minimum atomic E-state index is -3.78. The van der Waals surface area contributed by atoms with Crippen LogP contribution in [0.2, 0.25) is 0 Å². The maximum Gasteiger partial charge on any atom is 0.238 e. The lowest BCUT2D eigenvalue weighted by atomic mass is 10.2. The van der Waals surface area contributed by atoms with E-state index < -0.39 is 10.0 Å². The van der Waals surface area contributed by atoms with Crippen molar-refractivity contribution in [2.45, 2.75) is 18.4 Å². The summed E-state index contributed by atoms with van der Waals surface area (Å²) in [5.41, 5.74) is 8.08. The van der Waals surface area contributed by atoms with Crippen LogP contribution in [0.3, 0.4) is 0 Å². The molecular weight excluding hydrogens is 278 g/mol. The van der Waals surface area contributed by atoms with Crippen LogP contribution in [0.15, 0.2) is 35.5 Å². The number of benzene rings is 1. The van der Waals surface area contributed by atoms with Crippen molar-refractivity contribution in [3.05, 3.63) is 42.0 Å². The van der Waals surface area contributed by atoms with Crippen LogP contribution in [-0.2, 0) is 16.6 Å². The van der Waals surface area contributed by atoms with Crippen LogP contribution in [0.5, 0.6) is 0 Å². The molecule has 0 fully saturated rings. The normalized spacial score (nSPS) is 11.3. The molecule has 1 aromatic heterocycles. The van der Waals surface area contributed by atoms with Gasteiger partial charge in [-0.05, 0) is 25.1 Å². The number of sulfonamides is 1. The molecule has 2 aromatic rings. The van der Waals surface area contributed by atoms with Gasteiger partial charge >= 0.3 is 0 Å². The van der Waals surface area contributed by atoms with E-state index in [1.54, 1.807) is 18.5 Å². The van der Waals surface area contributed by atoms with Crippen molar-refractivity contribution < 1.29 is 8.42 Å². The Kier molecular flexibility index (Phi) is 3.86. The summed E-state index contributed by atoms with van der Waals surface area (Å²) in [7, 11) is -3.78. The third kappa shape index (κ3) is 3.65. The molecule has 0 unspecified atom stereocenters. The molecule has 0 saturated heterocycles. The van der Waals surface area contributed by atoms with E-state index in [9.17, 15) is 8.42 Å². The minimum absolute atomic E-state index is 0.0324. The van der Waals surface area contributed by atoms with Gasteiger partial charge in [-0.2, -0.15) is 0 Å². The SMILES string of the molecule is Cc1cnc(CNc2cc(N)cc(S(N)(=O)=O)c2)cn1. The third-order valence-electron chi connectivity index (χ3n) is 2.57. The van der Waals surface area contributed by atoms with E-state index in [0.717, 1.165) is 11.4 Å². The number of nitrogen functional groups attached to an aromatic ring is 1. The predicted molar refractivity (Wildman–Crippen MR) is 76.3 cm³/mol. The Bertz CT molecular complexity index is 713. The average Bonchev–Trinajstić information content (AvgIpc) is 2.36. The van der Waals surface area contributed by atoms with Crippen molar-refractivity contribution in [2.75, 3.05) is 11.1 Å². The van der Waals surface area contributed by atoms with E-state index in [1.165, 1.54) is 12.1 Å². The second-order valence-electron chi connectivity index (χ2n) is 4.34. The zero-order chi connectivity index (χ0) is 14.8. The van der Waals surface area contributed by atoms with E-state index in [-0.39, 0.29) is 4.90 Å². The number of nitrogens with one attached hydrogen (secondary N) is 1. The lowest BCUT2D eigenvalue weighted by Crippen LogP contribution is -2.13. The zero-order valence-corrected chi connectivity index (χ0v) is 11.7. The average molecular weight is 293 g/mol. The predicted octanol–water partition coefficient (Wildman–Crippen LogP) is 0.627. The van der Waals surface area contributed by atoms with Crippen molar-refractivity contribution in [1.82, 2.24) is 9.97 Å².